The molecule has 0 saturated carbocycles. The first-order valence-corrected chi connectivity index (χ1v) is 13.6. The smallest absolute Gasteiger partial charge is 0.266 e. The molecule has 0 atom stereocenters. The Morgan fingerprint density at radius 3 is 2.31 bits per heavy atom. The Labute approximate surface area is 240 Å². The van der Waals surface area contributed by atoms with Crippen LogP contribution in [0.3, 0.4) is 0 Å². The molecule has 0 spiro atoms. The summed E-state index contributed by atoms with van der Waals surface area (Å²) in [6.07, 6.45) is 1.57. The average molecular weight is 624 g/mol. The number of benzene rings is 5. The van der Waals surface area contributed by atoms with Crippen molar-refractivity contribution < 1.29 is 14.3 Å². The van der Waals surface area contributed by atoms with Gasteiger partial charge >= 0.3 is 0 Å². The molecule has 5 nitrogen and oxygen atoms in total. The molecular formula is C33H25IN2O3. The van der Waals surface area contributed by atoms with E-state index in [0.717, 1.165) is 30.7 Å². The summed E-state index contributed by atoms with van der Waals surface area (Å²) in [5.74, 6) is 0.710. The molecule has 0 heterocycles. The van der Waals surface area contributed by atoms with Crippen molar-refractivity contribution in [2.75, 3.05) is 11.9 Å². The number of hydrogen-bond acceptors (Lipinski definition) is 4. The van der Waals surface area contributed by atoms with E-state index in [1.165, 1.54) is 0 Å². The minimum absolute atomic E-state index is 0.00870. The molecule has 192 valence electrons. The number of nitrogens with one attached hydrogen (secondary N) is 1. The molecule has 5 rings (SSSR count). The first kappa shape index (κ1) is 26.3. The van der Waals surface area contributed by atoms with Crippen LogP contribution in [0.25, 0.3) is 27.6 Å². The highest BCUT2D eigenvalue weighted by molar-refractivity contribution is 14.1. The van der Waals surface area contributed by atoms with Gasteiger partial charge in [0.1, 0.15) is 18.2 Å². The van der Waals surface area contributed by atoms with E-state index < -0.39 is 5.91 Å². The van der Waals surface area contributed by atoms with Crippen molar-refractivity contribution in [3.8, 4) is 17.6 Å². The van der Waals surface area contributed by atoms with Gasteiger partial charge in [0.25, 0.3) is 5.91 Å². The highest BCUT2D eigenvalue weighted by atomic mass is 127. The molecular weight excluding hydrogens is 599 g/mol. The van der Waals surface area contributed by atoms with Gasteiger partial charge in [0, 0.05) is 11.1 Å². The third-order valence-electron chi connectivity index (χ3n) is 6.30. The van der Waals surface area contributed by atoms with E-state index in [2.05, 4.69) is 52.2 Å². The Hall–Kier alpha value is -4.35. The normalized spacial score (nSPS) is 11.3. The van der Waals surface area contributed by atoms with Crippen LogP contribution < -0.4 is 14.8 Å². The van der Waals surface area contributed by atoms with Gasteiger partial charge in [-0.05, 0) is 81.1 Å². The zero-order valence-electron chi connectivity index (χ0n) is 21.3. The second kappa shape index (κ2) is 12.0. The van der Waals surface area contributed by atoms with E-state index in [1.54, 1.807) is 12.1 Å². The highest BCUT2D eigenvalue weighted by Crippen LogP contribution is 2.36. The number of amides is 1. The Balaban J connectivity index is 1.41. The summed E-state index contributed by atoms with van der Waals surface area (Å²) in [4.78, 5) is 13.1. The van der Waals surface area contributed by atoms with Gasteiger partial charge in [0.05, 0.1) is 10.2 Å². The Morgan fingerprint density at radius 1 is 0.897 bits per heavy atom. The van der Waals surface area contributed by atoms with Crippen molar-refractivity contribution >= 4 is 61.8 Å². The van der Waals surface area contributed by atoms with E-state index >= 15 is 0 Å². The zero-order valence-corrected chi connectivity index (χ0v) is 23.4. The van der Waals surface area contributed by atoms with Crippen LogP contribution in [0, 0.1) is 14.9 Å². The second-order valence-electron chi connectivity index (χ2n) is 8.84. The summed E-state index contributed by atoms with van der Waals surface area (Å²) >= 11 is 2.20. The van der Waals surface area contributed by atoms with Gasteiger partial charge in [-0.15, -0.1) is 0 Å². The van der Waals surface area contributed by atoms with Crippen LogP contribution >= 0.6 is 22.6 Å². The minimum atomic E-state index is -0.474. The van der Waals surface area contributed by atoms with Crippen LogP contribution in [0.4, 0.5) is 5.69 Å². The van der Waals surface area contributed by atoms with E-state index in [9.17, 15) is 10.1 Å². The van der Waals surface area contributed by atoms with Gasteiger partial charge in [-0.1, -0.05) is 78.9 Å². The van der Waals surface area contributed by atoms with Gasteiger partial charge in [0.2, 0.25) is 0 Å². The maximum atomic E-state index is 13.1. The van der Waals surface area contributed by atoms with Crippen LogP contribution in [0.15, 0.2) is 103 Å². The molecule has 0 saturated heterocycles. The number of carbonyl (C=O) groups is 1. The van der Waals surface area contributed by atoms with E-state index in [1.807, 2.05) is 79.7 Å². The SMILES string of the molecule is CCOc1cc(/C=C(\C#N)C(=O)Nc2cccc3ccccc23)cc(I)c1OCc1cccc2ccccc12. The van der Waals surface area contributed by atoms with Crippen molar-refractivity contribution in [1.29, 1.82) is 5.26 Å². The van der Waals surface area contributed by atoms with Crippen LogP contribution in [0.5, 0.6) is 11.5 Å². The molecule has 0 bridgehead atoms. The molecule has 1 amide bonds. The standard InChI is InChI=1S/C33H25IN2O3/c1-2-38-31-19-22(17-26(20-35)33(37)36-30-16-8-12-24-10-4-6-15-28(24)30)18-29(34)32(31)39-21-25-13-7-11-23-9-3-5-14-27(23)25/h3-19H,2,21H2,1H3,(H,36,37)/b26-17+. The quantitative estimate of drug-likeness (QED) is 0.108. The van der Waals surface area contributed by atoms with Crippen LogP contribution in [-0.4, -0.2) is 12.5 Å². The first-order valence-electron chi connectivity index (χ1n) is 12.5. The summed E-state index contributed by atoms with van der Waals surface area (Å²) < 4.78 is 13.0. The Kier molecular flexibility index (Phi) is 8.09. The predicted octanol–water partition coefficient (Wildman–Crippen LogP) is 8.12. The Morgan fingerprint density at radius 2 is 1.56 bits per heavy atom. The summed E-state index contributed by atoms with van der Waals surface area (Å²) in [5.41, 5.74) is 2.39. The van der Waals surface area contributed by atoms with Gasteiger partial charge in [-0.2, -0.15) is 5.26 Å². The molecule has 0 radical (unpaired) electrons. The molecule has 0 aliphatic heterocycles. The number of nitrogens with zero attached hydrogens (tertiary/aromatic N) is 1. The third kappa shape index (κ3) is 5.89. The zero-order chi connectivity index (χ0) is 27.2. The predicted molar refractivity (Wildman–Crippen MR) is 165 cm³/mol. The summed E-state index contributed by atoms with van der Waals surface area (Å²) in [7, 11) is 0. The number of rotatable bonds is 8. The lowest BCUT2D eigenvalue weighted by molar-refractivity contribution is -0.112. The number of nitriles is 1. The number of anilines is 1. The fraction of sp³-hybridized carbons (Fsp3) is 0.0909. The van der Waals surface area contributed by atoms with Gasteiger partial charge < -0.3 is 14.8 Å². The van der Waals surface area contributed by atoms with Crippen LogP contribution in [-0.2, 0) is 11.4 Å². The van der Waals surface area contributed by atoms with Crippen LogP contribution in [0.1, 0.15) is 18.1 Å². The number of ether oxygens (including phenoxy) is 2. The first-order chi connectivity index (χ1) is 19.1. The van der Waals surface area contributed by atoms with E-state index in [-0.39, 0.29) is 5.57 Å². The molecule has 0 aliphatic carbocycles. The molecule has 6 heteroatoms. The lowest BCUT2D eigenvalue weighted by atomic mass is 10.1. The molecule has 1 N–H and O–H groups in total. The van der Waals surface area contributed by atoms with Crippen molar-refractivity contribution in [3.05, 3.63) is 117 Å². The van der Waals surface area contributed by atoms with E-state index in [0.29, 0.717) is 36.0 Å². The fourth-order valence-electron chi connectivity index (χ4n) is 4.48. The second-order valence-corrected chi connectivity index (χ2v) is 10.0. The molecule has 0 aromatic heterocycles. The summed E-state index contributed by atoms with van der Waals surface area (Å²) in [6.45, 7) is 2.73. The van der Waals surface area contributed by atoms with E-state index in [4.69, 9.17) is 9.47 Å². The van der Waals surface area contributed by atoms with Crippen molar-refractivity contribution in [2.45, 2.75) is 13.5 Å². The number of carbonyl (C=O) groups excluding carboxylic acids is 1. The molecule has 5 aromatic rings. The number of hydrogen-bond donors (Lipinski definition) is 1. The molecule has 0 unspecified atom stereocenters. The summed E-state index contributed by atoms with van der Waals surface area (Å²) in [6, 6.07) is 33.6. The van der Waals surface area contributed by atoms with Gasteiger partial charge in [-0.3, -0.25) is 4.79 Å². The van der Waals surface area contributed by atoms with Crippen molar-refractivity contribution in [3.63, 3.8) is 0 Å². The molecule has 0 aliphatic rings. The fourth-order valence-corrected chi connectivity index (χ4v) is 5.26. The summed E-state index contributed by atoms with van der Waals surface area (Å²) in [5, 5.41) is 16.9. The lowest BCUT2D eigenvalue weighted by Gasteiger charge is -2.16. The van der Waals surface area contributed by atoms with Gasteiger partial charge in [-0.25, -0.2) is 0 Å². The van der Waals surface area contributed by atoms with Crippen LogP contribution in [0.2, 0.25) is 0 Å². The third-order valence-corrected chi connectivity index (χ3v) is 7.10. The van der Waals surface area contributed by atoms with Crippen molar-refractivity contribution in [1.82, 2.24) is 0 Å². The van der Waals surface area contributed by atoms with Crippen molar-refractivity contribution in [2.24, 2.45) is 0 Å². The largest absolute Gasteiger partial charge is 0.490 e. The highest BCUT2D eigenvalue weighted by Gasteiger charge is 2.16. The molecule has 39 heavy (non-hydrogen) atoms. The lowest BCUT2D eigenvalue weighted by Crippen LogP contribution is -2.13. The number of fused-ring (bicyclic) bond motifs is 2. The maximum Gasteiger partial charge on any atom is 0.266 e. The molecule has 5 aromatic carbocycles. The maximum absolute atomic E-state index is 13.1. The topological polar surface area (TPSA) is 71.3 Å². The Bertz CT molecular complexity index is 1740. The monoisotopic (exact) mass is 624 g/mol. The number of halogens is 1. The minimum Gasteiger partial charge on any atom is -0.490 e. The average Bonchev–Trinajstić information content (AvgIpc) is 2.96. The molecule has 0 fully saturated rings. The van der Waals surface area contributed by atoms with Gasteiger partial charge in [0.15, 0.2) is 11.5 Å².